The molecule has 2 aromatic heterocycles. The third-order valence-electron chi connectivity index (χ3n) is 5.27. The van der Waals surface area contributed by atoms with Crippen molar-refractivity contribution in [2.24, 2.45) is 0 Å². The van der Waals surface area contributed by atoms with Gasteiger partial charge < -0.3 is 24.4 Å². The number of carbonyl (C=O) groups is 1. The monoisotopic (exact) mass is 496 g/mol. The maximum Gasteiger partial charge on any atom is 0.358 e. The number of aromatic nitrogens is 2. The number of esters is 1. The minimum absolute atomic E-state index is 0.301. The molecule has 0 bridgehead atoms. The number of carbonyl (C=O) groups excluding carboxylic acids is 1. The van der Waals surface area contributed by atoms with Gasteiger partial charge in [0.2, 0.25) is 0 Å². The molecule has 0 spiro atoms. The minimum Gasteiger partial charge on any atom is -0.461 e. The molecular formula is C24H25BrN4O3. The van der Waals surface area contributed by atoms with Crippen molar-refractivity contribution < 1.29 is 13.9 Å². The molecular weight excluding hydrogens is 472 g/mol. The number of hydrogen-bond acceptors (Lipinski definition) is 6. The molecule has 32 heavy (non-hydrogen) atoms. The van der Waals surface area contributed by atoms with Gasteiger partial charge in [-0.15, -0.1) is 0 Å². The van der Waals surface area contributed by atoms with Crippen LogP contribution in [0.2, 0.25) is 0 Å². The van der Waals surface area contributed by atoms with Crippen LogP contribution >= 0.6 is 15.9 Å². The topological polar surface area (TPSA) is 86.5 Å². The number of nitrogens with zero attached hydrogens (tertiary/aromatic N) is 3. The zero-order valence-electron chi connectivity index (χ0n) is 18.5. The van der Waals surface area contributed by atoms with Crippen molar-refractivity contribution in [2.75, 3.05) is 31.3 Å². The normalized spacial score (nSPS) is 11.2. The van der Waals surface area contributed by atoms with Crippen molar-refractivity contribution >= 4 is 44.4 Å². The highest BCUT2D eigenvalue weighted by molar-refractivity contribution is 9.10. The van der Waals surface area contributed by atoms with E-state index in [1.54, 1.807) is 6.92 Å². The zero-order chi connectivity index (χ0) is 23.0. The Kier molecular flexibility index (Phi) is 5.97. The van der Waals surface area contributed by atoms with Crippen LogP contribution in [0.25, 0.3) is 22.3 Å². The number of halogens is 1. The van der Waals surface area contributed by atoms with Gasteiger partial charge in [-0.2, -0.15) is 0 Å². The van der Waals surface area contributed by atoms with E-state index in [-0.39, 0.29) is 5.97 Å². The largest absolute Gasteiger partial charge is 0.461 e. The Morgan fingerprint density at radius 2 is 2.00 bits per heavy atom. The fourth-order valence-corrected chi connectivity index (χ4v) is 4.33. The SMILES string of the molecule is CCOC(=O)c1c(N(C)C)nc(C)n1Cc1ccc2oc(-c3ccccc3N)c(Br)c2c1. The maximum atomic E-state index is 12.7. The quantitative estimate of drug-likeness (QED) is 0.290. The molecule has 0 aliphatic rings. The molecule has 0 aliphatic carbocycles. The van der Waals surface area contributed by atoms with Crippen LogP contribution in [0.5, 0.6) is 0 Å². The summed E-state index contributed by atoms with van der Waals surface area (Å²) in [6.07, 6.45) is 0. The molecule has 2 aromatic carbocycles. The van der Waals surface area contributed by atoms with Crippen LogP contribution in [0.1, 0.15) is 28.8 Å². The molecule has 0 fully saturated rings. The Bertz CT molecular complexity index is 1310. The molecule has 0 atom stereocenters. The molecule has 8 heteroatoms. The van der Waals surface area contributed by atoms with Gasteiger partial charge in [0.1, 0.15) is 11.4 Å². The minimum atomic E-state index is -0.385. The third kappa shape index (κ3) is 3.86. The van der Waals surface area contributed by atoms with E-state index in [1.165, 1.54) is 0 Å². The summed E-state index contributed by atoms with van der Waals surface area (Å²) in [6, 6.07) is 13.6. The van der Waals surface area contributed by atoms with Gasteiger partial charge in [0.05, 0.1) is 11.1 Å². The van der Waals surface area contributed by atoms with E-state index >= 15 is 0 Å². The molecule has 0 aliphatic heterocycles. The first-order valence-electron chi connectivity index (χ1n) is 10.3. The molecule has 166 valence electrons. The lowest BCUT2D eigenvalue weighted by atomic mass is 10.1. The fraction of sp³-hybridized carbons (Fsp3) is 0.250. The smallest absolute Gasteiger partial charge is 0.358 e. The number of furan rings is 1. The molecule has 0 saturated heterocycles. The Morgan fingerprint density at radius 3 is 2.69 bits per heavy atom. The molecule has 4 aromatic rings. The number of rotatable bonds is 6. The summed E-state index contributed by atoms with van der Waals surface area (Å²) >= 11 is 3.69. The maximum absolute atomic E-state index is 12.7. The number of ether oxygens (including phenoxy) is 1. The van der Waals surface area contributed by atoms with E-state index in [0.29, 0.717) is 36.1 Å². The first-order valence-corrected chi connectivity index (χ1v) is 11.1. The molecule has 2 N–H and O–H groups in total. The van der Waals surface area contributed by atoms with Gasteiger partial charge in [0.25, 0.3) is 0 Å². The van der Waals surface area contributed by atoms with Crippen molar-refractivity contribution in [1.29, 1.82) is 0 Å². The number of para-hydroxylation sites is 1. The van der Waals surface area contributed by atoms with Gasteiger partial charge in [-0.3, -0.25) is 0 Å². The van der Waals surface area contributed by atoms with Crippen LogP contribution in [0.3, 0.4) is 0 Å². The van der Waals surface area contributed by atoms with Crippen molar-refractivity contribution in [3.8, 4) is 11.3 Å². The van der Waals surface area contributed by atoms with Crippen LogP contribution in [0, 0.1) is 6.92 Å². The number of benzene rings is 2. The van der Waals surface area contributed by atoms with Crippen LogP contribution < -0.4 is 10.6 Å². The van der Waals surface area contributed by atoms with Gasteiger partial charge in [-0.25, -0.2) is 9.78 Å². The molecule has 0 radical (unpaired) electrons. The lowest BCUT2D eigenvalue weighted by Crippen LogP contribution is -2.19. The summed E-state index contributed by atoms with van der Waals surface area (Å²) in [5.74, 6) is 1.63. The summed E-state index contributed by atoms with van der Waals surface area (Å²) in [4.78, 5) is 19.1. The molecule has 7 nitrogen and oxygen atoms in total. The molecule has 2 heterocycles. The van der Waals surface area contributed by atoms with Crippen LogP contribution in [0.15, 0.2) is 51.4 Å². The highest BCUT2D eigenvalue weighted by atomic mass is 79.9. The Labute approximate surface area is 194 Å². The predicted octanol–water partition coefficient (Wildman–Crippen LogP) is 5.24. The van der Waals surface area contributed by atoms with Gasteiger partial charge in [0, 0.05) is 37.3 Å². The highest BCUT2D eigenvalue weighted by Crippen LogP contribution is 2.40. The van der Waals surface area contributed by atoms with Gasteiger partial charge in [0.15, 0.2) is 17.3 Å². The van der Waals surface area contributed by atoms with E-state index < -0.39 is 0 Å². The number of aryl methyl sites for hydroxylation is 1. The van der Waals surface area contributed by atoms with E-state index in [9.17, 15) is 4.79 Å². The van der Waals surface area contributed by atoms with Crippen molar-refractivity contribution in [1.82, 2.24) is 9.55 Å². The average molecular weight is 497 g/mol. The average Bonchev–Trinajstić information content (AvgIpc) is 3.26. The summed E-state index contributed by atoms with van der Waals surface area (Å²) in [5, 5.41) is 0.934. The predicted molar refractivity (Wildman–Crippen MR) is 130 cm³/mol. The molecule has 0 amide bonds. The summed E-state index contributed by atoms with van der Waals surface area (Å²) in [5.41, 5.74) is 9.83. The van der Waals surface area contributed by atoms with Gasteiger partial charge >= 0.3 is 5.97 Å². The standard InChI is InChI=1S/C24H25BrN4O3/c1-5-31-24(30)21-23(28(3)4)27-14(2)29(21)13-15-10-11-19-17(12-15)20(25)22(32-19)16-8-6-7-9-18(16)26/h6-12H,5,13,26H2,1-4H3. The zero-order valence-corrected chi connectivity index (χ0v) is 20.1. The van der Waals surface area contributed by atoms with Crippen molar-refractivity contribution in [2.45, 2.75) is 20.4 Å². The summed E-state index contributed by atoms with van der Waals surface area (Å²) < 4.78 is 14.1. The summed E-state index contributed by atoms with van der Waals surface area (Å²) in [7, 11) is 3.72. The first kappa shape index (κ1) is 22.0. The number of anilines is 2. The number of imidazole rings is 1. The van der Waals surface area contributed by atoms with E-state index in [2.05, 4.69) is 27.0 Å². The van der Waals surface area contributed by atoms with Crippen LogP contribution in [0.4, 0.5) is 11.5 Å². The number of fused-ring (bicyclic) bond motifs is 1. The lowest BCUT2D eigenvalue weighted by Gasteiger charge is -2.14. The summed E-state index contributed by atoms with van der Waals surface area (Å²) in [6.45, 7) is 4.45. The first-order chi connectivity index (χ1) is 15.3. The third-order valence-corrected chi connectivity index (χ3v) is 6.06. The van der Waals surface area contributed by atoms with Crippen molar-refractivity contribution in [3.63, 3.8) is 0 Å². The fourth-order valence-electron chi connectivity index (χ4n) is 3.73. The second-order valence-corrected chi connectivity index (χ2v) is 8.49. The van der Waals surface area contributed by atoms with Crippen LogP contribution in [-0.4, -0.2) is 36.2 Å². The van der Waals surface area contributed by atoms with Crippen LogP contribution in [-0.2, 0) is 11.3 Å². The molecule has 0 unspecified atom stereocenters. The number of hydrogen-bond donors (Lipinski definition) is 1. The molecule has 4 rings (SSSR count). The lowest BCUT2D eigenvalue weighted by molar-refractivity contribution is 0.0515. The van der Waals surface area contributed by atoms with Crippen molar-refractivity contribution in [3.05, 3.63) is 64.0 Å². The Balaban J connectivity index is 1.77. The Hall–Kier alpha value is -3.26. The van der Waals surface area contributed by atoms with E-state index in [1.807, 2.05) is 66.9 Å². The second kappa shape index (κ2) is 8.70. The number of nitrogen functional groups attached to an aromatic ring is 1. The Morgan fingerprint density at radius 1 is 1.25 bits per heavy atom. The van der Waals surface area contributed by atoms with Gasteiger partial charge in [-0.05, 0) is 59.6 Å². The van der Waals surface area contributed by atoms with Gasteiger partial charge in [-0.1, -0.05) is 18.2 Å². The number of nitrogens with two attached hydrogens (primary N) is 1. The van der Waals surface area contributed by atoms with E-state index in [0.717, 1.165) is 32.4 Å². The highest BCUT2D eigenvalue weighted by Gasteiger charge is 2.24. The molecule has 0 saturated carbocycles. The second-order valence-electron chi connectivity index (χ2n) is 7.70. The van der Waals surface area contributed by atoms with E-state index in [4.69, 9.17) is 14.9 Å².